The summed E-state index contributed by atoms with van der Waals surface area (Å²) >= 11 is 0. The highest BCUT2D eigenvalue weighted by Gasteiger charge is 2.08. The summed E-state index contributed by atoms with van der Waals surface area (Å²) in [5, 5.41) is 16.1. The maximum Gasteiger partial charge on any atom is 0.181 e. The first kappa shape index (κ1) is 9.67. The van der Waals surface area contributed by atoms with Crippen molar-refractivity contribution in [2.24, 2.45) is 5.73 Å². The van der Waals surface area contributed by atoms with Crippen LogP contribution in [0.3, 0.4) is 0 Å². The average Bonchev–Trinajstić information content (AvgIpc) is 2.66. The molecule has 5 nitrogen and oxygen atoms in total. The molecular weight excluding hydrogens is 192 g/mol. The summed E-state index contributed by atoms with van der Waals surface area (Å²) in [5.41, 5.74) is 6.41. The number of aromatic nitrogens is 3. The summed E-state index contributed by atoms with van der Waals surface area (Å²) in [7, 11) is 0. The molecule has 0 saturated carbocycles. The van der Waals surface area contributed by atoms with Crippen LogP contribution in [0.1, 0.15) is 18.8 Å². The molecule has 0 amide bonds. The van der Waals surface area contributed by atoms with Crippen molar-refractivity contribution in [2.75, 3.05) is 0 Å². The quantitative estimate of drug-likeness (QED) is 0.685. The van der Waals surface area contributed by atoms with Crippen molar-refractivity contribution in [3.8, 4) is 17.1 Å². The SMILES string of the molecule is C[C@@H](N)c1nc(-c2cccc(O)c2)n[nH]1. The largest absolute Gasteiger partial charge is 0.508 e. The Morgan fingerprint density at radius 2 is 2.27 bits per heavy atom. The molecule has 0 radical (unpaired) electrons. The highest BCUT2D eigenvalue weighted by atomic mass is 16.3. The number of hydrogen-bond acceptors (Lipinski definition) is 4. The molecule has 1 aromatic heterocycles. The lowest BCUT2D eigenvalue weighted by molar-refractivity contribution is 0.475. The highest BCUT2D eigenvalue weighted by molar-refractivity contribution is 5.56. The van der Waals surface area contributed by atoms with Gasteiger partial charge in [-0.1, -0.05) is 12.1 Å². The normalized spacial score (nSPS) is 12.7. The van der Waals surface area contributed by atoms with Crippen molar-refractivity contribution in [1.82, 2.24) is 15.2 Å². The van der Waals surface area contributed by atoms with Gasteiger partial charge < -0.3 is 10.8 Å². The third-order valence-corrected chi connectivity index (χ3v) is 2.04. The van der Waals surface area contributed by atoms with Crippen molar-refractivity contribution in [2.45, 2.75) is 13.0 Å². The second-order valence-electron chi connectivity index (χ2n) is 3.38. The molecule has 0 spiro atoms. The third kappa shape index (κ3) is 1.97. The van der Waals surface area contributed by atoms with E-state index in [4.69, 9.17) is 5.73 Å². The van der Waals surface area contributed by atoms with E-state index in [2.05, 4.69) is 15.2 Å². The predicted molar refractivity (Wildman–Crippen MR) is 56.1 cm³/mol. The maximum atomic E-state index is 9.30. The van der Waals surface area contributed by atoms with Gasteiger partial charge in [-0.05, 0) is 19.1 Å². The zero-order chi connectivity index (χ0) is 10.8. The van der Waals surface area contributed by atoms with Crippen molar-refractivity contribution >= 4 is 0 Å². The van der Waals surface area contributed by atoms with Gasteiger partial charge in [-0.2, -0.15) is 5.10 Å². The number of H-pyrrole nitrogens is 1. The first-order valence-corrected chi connectivity index (χ1v) is 4.64. The van der Waals surface area contributed by atoms with Crippen LogP contribution in [-0.2, 0) is 0 Å². The third-order valence-electron chi connectivity index (χ3n) is 2.04. The Kier molecular flexibility index (Phi) is 2.39. The molecule has 4 N–H and O–H groups in total. The minimum Gasteiger partial charge on any atom is -0.508 e. The van der Waals surface area contributed by atoms with E-state index in [1.165, 1.54) is 0 Å². The minimum atomic E-state index is -0.177. The average molecular weight is 204 g/mol. The molecule has 0 saturated heterocycles. The standard InChI is InChI=1S/C10H12N4O/c1-6(11)9-12-10(14-13-9)7-3-2-4-8(15)5-7/h2-6,15H,11H2,1H3,(H,12,13,14)/t6-/m1/s1. The maximum absolute atomic E-state index is 9.30. The van der Waals surface area contributed by atoms with Crippen LogP contribution in [0.5, 0.6) is 5.75 Å². The van der Waals surface area contributed by atoms with E-state index in [9.17, 15) is 5.11 Å². The Morgan fingerprint density at radius 1 is 1.47 bits per heavy atom. The van der Waals surface area contributed by atoms with Crippen LogP contribution in [0.25, 0.3) is 11.4 Å². The number of nitrogens with one attached hydrogen (secondary N) is 1. The molecule has 2 rings (SSSR count). The Balaban J connectivity index is 2.37. The van der Waals surface area contributed by atoms with Crippen LogP contribution >= 0.6 is 0 Å². The molecule has 0 aliphatic carbocycles. The van der Waals surface area contributed by atoms with Crippen molar-refractivity contribution in [3.05, 3.63) is 30.1 Å². The Hall–Kier alpha value is -1.88. The van der Waals surface area contributed by atoms with E-state index >= 15 is 0 Å². The molecule has 5 heteroatoms. The molecule has 15 heavy (non-hydrogen) atoms. The second kappa shape index (κ2) is 3.70. The zero-order valence-electron chi connectivity index (χ0n) is 8.31. The molecule has 0 aliphatic heterocycles. The summed E-state index contributed by atoms with van der Waals surface area (Å²) in [4.78, 5) is 4.22. The van der Waals surface area contributed by atoms with Gasteiger partial charge in [-0.3, -0.25) is 5.10 Å². The van der Waals surface area contributed by atoms with Gasteiger partial charge in [0.15, 0.2) is 5.82 Å². The van der Waals surface area contributed by atoms with Crippen LogP contribution in [0, 0.1) is 0 Å². The van der Waals surface area contributed by atoms with Crippen LogP contribution < -0.4 is 5.73 Å². The lowest BCUT2D eigenvalue weighted by Crippen LogP contribution is -2.06. The van der Waals surface area contributed by atoms with E-state index in [-0.39, 0.29) is 11.8 Å². The molecule has 0 bridgehead atoms. The van der Waals surface area contributed by atoms with Crippen LogP contribution in [0.15, 0.2) is 24.3 Å². The van der Waals surface area contributed by atoms with Gasteiger partial charge in [-0.25, -0.2) is 4.98 Å². The van der Waals surface area contributed by atoms with Crippen LogP contribution in [-0.4, -0.2) is 20.3 Å². The Labute approximate surface area is 87.0 Å². The predicted octanol–water partition coefficient (Wildman–Crippen LogP) is 1.20. The summed E-state index contributed by atoms with van der Waals surface area (Å²) in [6.45, 7) is 1.83. The molecular formula is C10H12N4O. The smallest absolute Gasteiger partial charge is 0.181 e. The van der Waals surface area contributed by atoms with E-state index in [1.807, 2.05) is 13.0 Å². The summed E-state index contributed by atoms with van der Waals surface area (Å²) in [5.74, 6) is 1.37. The number of phenols is 1. The van der Waals surface area contributed by atoms with Crippen molar-refractivity contribution < 1.29 is 5.11 Å². The number of phenolic OH excluding ortho intramolecular Hbond substituents is 1. The molecule has 0 unspecified atom stereocenters. The second-order valence-corrected chi connectivity index (χ2v) is 3.38. The van der Waals surface area contributed by atoms with Crippen LogP contribution in [0.2, 0.25) is 0 Å². The van der Waals surface area contributed by atoms with Gasteiger partial charge in [0, 0.05) is 5.56 Å². The van der Waals surface area contributed by atoms with Gasteiger partial charge in [0.25, 0.3) is 0 Å². The van der Waals surface area contributed by atoms with Crippen molar-refractivity contribution in [3.63, 3.8) is 0 Å². The Morgan fingerprint density at radius 3 is 2.87 bits per heavy atom. The summed E-state index contributed by atoms with van der Waals surface area (Å²) < 4.78 is 0. The summed E-state index contributed by atoms with van der Waals surface area (Å²) in [6, 6.07) is 6.60. The van der Waals surface area contributed by atoms with Crippen LogP contribution in [0.4, 0.5) is 0 Å². The molecule has 2 aromatic rings. The van der Waals surface area contributed by atoms with Gasteiger partial charge in [0.1, 0.15) is 11.6 Å². The summed E-state index contributed by atoms with van der Waals surface area (Å²) in [6.07, 6.45) is 0. The molecule has 0 aliphatic rings. The molecule has 1 heterocycles. The number of aromatic hydroxyl groups is 1. The minimum absolute atomic E-state index is 0.177. The fourth-order valence-corrected chi connectivity index (χ4v) is 1.25. The van der Waals surface area contributed by atoms with Crippen molar-refractivity contribution in [1.29, 1.82) is 0 Å². The molecule has 1 atom stereocenters. The topological polar surface area (TPSA) is 87.8 Å². The fourth-order valence-electron chi connectivity index (χ4n) is 1.25. The van der Waals surface area contributed by atoms with Gasteiger partial charge in [0.05, 0.1) is 6.04 Å². The van der Waals surface area contributed by atoms with Gasteiger partial charge in [-0.15, -0.1) is 0 Å². The Bertz CT molecular complexity index is 464. The molecule has 78 valence electrons. The zero-order valence-corrected chi connectivity index (χ0v) is 8.31. The number of rotatable bonds is 2. The number of benzene rings is 1. The van der Waals surface area contributed by atoms with Gasteiger partial charge >= 0.3 is 0 Å². The first-order valence-electron chi connectivity index (χ1n) is 4.64. The van der Waals surface area contributed by atoms with E-state index in [0.29, 0.717) is 11.6 Å². The number of aromatic amines is 1. The molecule has 0 fully saturated rings. The number of nitrogens with zero attached hydrogens (tertiary/aromatic N) is 2. The number of hydrogen-bond donors (Lipinski definition) is 3. The lowest BCUT2D eigenvalue weighted by Gasteiger charge is -1.97. The molecule has 1 aromatic carbocycles. The lowest BCUT2D eigenvalue weighted by atomic mass is 10.2. The number of nitrogens with two attached hydrogens (primary N) is 1. The fraction of sp³-hybridized carbons (Fsp3) is 0.200. The van der Waals surface area contributed by atoms with Gasteiger partial charge in [0.2, 0.25) is 0 Å². The van der Waals surface area contributed by atoms with E-state index in [0.717, 1.165) is 5.56 Å². The van der Waals surface area contributed by atoms with E-state index in [1.54, 1.807) is 18.2 Å². The monoisotopic (exact) mass is 204 g/mol. The first-order chi connectivity index (χ1) is 7.16. The van der Waals surface area contributed by atoms with E-state index < -0.39 is 0 Å². The highest BCUT2D eigenvalue weighted by Crippen LogP contribution is 2.20.